The summed E-state index contributed by atoms with van der Waals surface area (Å²) in [6, 6.07) is 12.2. The van der Waals surface area contributed by atoms with Crippen LogP contribution in [-0.4, -0.2) is 18.3 Å². The van der Waals surface area contributed by atoms with Crippen molar-refractivity contribution in [3.05, 3.63) is 53.9 Å². The van der Waals surface area contributed by atoms with Crippen LogP contribution in [0.3, 0.4) is 0 Å². The molecule has 19 heavy (non-hydrogen) atoms. The Labute approximate surface area is 117 Å². The first-order valence-electron chi connectivity index (χ1n) is 5.93. The lowest BCUT2D eigenvalue weighted by Gasteiger charge is -2.21. The van der Waals surface area contributed by atoms with Crippen LogP contribution in [0.5, 0.6) is 0 Å². The third-order valence-electron chi connectivity index (χ3n) is 2.89. The molecule has 2 rings (SSSR count). The number of rotatable bonds is 4. The maximum atomic E-state index is 9.34. The number of benzene rings is 1. The summed E-state index contributed by atoms with van der Waals surface area (Å²) in [6.45, 7) is 0.736. The fourth-order valence-electron chi connectivity index (χ4n) is 1.97. The molecule has 1 aromatic carbocycles. The van der Waals surface area contributed by atoms with Crippen molar-refractivity contribution in [1.82, 2.24) is 4.98 Å². The maximum absolute atomic E-state index is 9.34. The van der Waals surface area contributed by atoms with Crippen LogP contribution in [0.4, 0.5) is 5.69 Å². The molecular weight excluding hydrogens is 254 g/mol. The van der Waals surface area contributed by atoms with Gasteiger partial charge in [-0.25, -0.2) is 0 Å². The lowest BCUT2D eigenvalue weighted by molar-refractivity contribution is 0.910. The highest BCUT2D eigenvalue weighted by molar-refractivity contribution is 7.98. The van der Waals surface area contributed by atoms with E-state index in [9.17, 15) is 5.26 Å². The van der Waals surface area contributed by atoms with Crippen molar-refractivity contribution in [1.29, 1.82) is 5.26 Å². The summed E-state index contributed by atoms with van der Waals surface area (Å²) < 4.78 is 0. The number of anilines is 1. The Morgan fingerprint density at radius 1 is 1.32 bits per heavy atom. The van der Waals surface area contributed by atoms with Gasteiger partial charge >= 0.3 is 0 Å². The molecule has 0 atom stereocenters. The fraction of sp³-hybridized carbons (Fsp3) is 0.200. The molecule has 0 aliphatic heterocycles. The first-order chi connectivity index (χ1) is 9.26. The van der Waals surface area contributed by atoms with Crippen LogP contribution < -0.4 is 4.90 Å². The van der Waals surface area contributed by atoms with Gasteiger partial charge in [-0.15, -0.1) is 11.8 Å². The zero-order valence-electron chi connectivity index (χ0n) is 11.0. The van der Waals surface area contributed by atoms with Crippen LogP contribution in [0.15, 0.2) is 47.6 Å². The molecule has 0 radical (unpaired) electrons. The van der Waals surface area contributed by atoms with E-state index in [1.807, 2.05) is 49.8 Å². The monoisotopic (exact) mass is 269 g/mol. The van der Waals surface area contributed by atoms with Gasteiger partial charge in [-0.1, -0.05) is 12.1 Å². The number of nitrogens with zero attached hydrogens (tertiary/aromatic N) is 3. The van der Waals surface area contributed by atoms with E-state index in [0.29, 0.717) is 0 Å². The van der Waals surface area contributed by atoms with Crippen molar-refractivity contribution < 1.29 is 0 Å². The van der Waals surface area contributed by atoms with E-state index in [4.69, 9.17) is 0 Å². The van der Waals surface area contributed by atoms with Gasteiger partial charge in [-0.2, -0.15) is 5.26 Å². The highest BCUT2D eigenvalue weighted by Crippen LogP contribution is 2.29. The van der Waals surface area contributed by atoms with Crippen molar-refractivity contribution in [3.8, 4) is 6.07 Å². The van der Waals surface area contributed by atoms with E-state index in [1.165, 1.54) is 0 Å². The van der Waals surface area contributed by atoms with E-state index in [0.717, 1.165) is 28.3 Å². The number of pyridine rings is 1. The Morgan fingerprint density at radius 2 is 2.16 bits per heavy atom. The summed E-state index contributed by atoms with van der Waals surface area (Å²) in [4.78, 5) is 7.20. The Balaban J connectivity index is 2.29. The van der Waals surface area contributed by atoms with Crippen LogP contribution in [0, 0.1) is 11.3 Å². The first-order valence-corrected chi connectivity index (χ1v) is 7.16. The van der Waals surface area contributed by atoms with Crippen LogP contribution >= 0.6 is 11.8 Å². The van der Waals surface area contributed by atoms with Crippen molar-refractivity contribution in [2.75, 3.05) is 18.2 Å². The quantitative estimate of drug-likeness (QED) is 0.798. The Morgan fingerprint density at radius 3 is 2.79 bits per heavy atom. The second-order valence-electron chi connectivity index (χ2n) is 4.18. The van der Waals surface area contributed by atoms with Crippen molar-refractivity contribution >= 4 is 17.4 Å². The van der Waals surface area contributed by atoms with E-state index in [2.05, 4.69) is 16.0 Å². The van der Waals surface area contributed by atoms with Gasteiger partial charge in [0.2, 0.25) is 0 Å². The number of nitriles is 1. The lowest BCUT2D eigenvalue weighted by Crippen LogP contribution is -2.17. The molecular formula is C15H15N3S. The normalized spacial score (nSPS) is 9.95. The van der Waals surface area contributed by atoms with Gasteiger partial charge < -0.3 is 4.90 Å². The molecule has 0 saturated heterocycles. The topological polar surface area (TPSA) is 39.9 Å². The number of thioether (sulfide) groups is 1. The Kier molecular flexibility index (Phi) is 4.43. The molecule has 1 heterocycles. The average Bonchev–Trinajstić information content (AvgIpc) is 2.47. The molecule has 0 fully saturated rings. The molecule has 2 aromatic rings. The molecule has 1 aromatic heterocycles. The van der Waals surface area contributed by atoms with Crippen LogP contribution in [0.25, 0.3) is 0 Å². The minimum atomic E-state index is 0.736. The third kappa shape index (κ3) is 3.07. The average molecular weight is 269 g/mol. The van der Waals surface area contributed by atoms with Crippen molar-refractivity contribution in [2.45, 2.75) is 11.4 Å². The fourth-order valence-corrected chi connectivity index (χ4v) is 2.54. The molecule has 0 aliphatic carbocycles. The van der Waals surface area contributed by atoms with Gasteiger partial charge in [-0.05, 0) is 30.0 Å². The summed E-state index contributed by atoms with van der Waals surface area (Å²) in [5.74, 6) is 0. The van der Waals surface area contributed by atoms with Crippen LogP contribution in [0.1, 0.15) is 11.1 Å². The predicted octanol–water partition coefficient (Wildman–Crippen LogP) is 3.31. The Bertz CT molecular complexity index is 590. The SMILES string of the molecule is CSc1cccc(N(C)Cc2cccnc2)c1C#N. The van der Waals surface area contributed by atoms with Crippen LogP contribution in [0.2, 0.25) is 0 Å². The molecule has 0 bridgehead atoms. The third-order valence-corrected chi connectivity index (χ3v) is 3.67. The van der Waals surface area contributed by atoms with E-state index in [-0.39, 0.29) is 0 Å². The molecule has 3 nitrogen and oxygen atoms in total. The lowest BCUT2D eigenvalue weighted by atomic mass is 10.1. The summed E-state index contributed by atoms with van der Waals surface area (Å²) in [5.41, 5.74) is 2.82. The molecule has 0 N–H and O–H groups in total. The van der Waals surface area contributed by atoms with Gasteiger partial charge in [0.05, 0.1) is 11.3 Å². The highest BCUT2D eigenvalue weighted by atomic mass is 32.2. The largest absolute Gasteiger partial charge is 0.369 e. The standard InChI is InChI=1S/C15H15N3S/c1-18(11-12-5-4-8-17-10-12)14-6-3-7-15(19-2)13(14)9-16/h3-8,10H,11H2,1-2H3. The van der Waals surface area contributed by atoms with Gasteiger partial charge in [0.25, 0.3) is 0 Å². The molecule has 0 unspecified atom stereocenters. The number of hydrogen-bond donors (Lipinski definition) is 0. The minimum absolute atomic E-state index is 0.736. The summed E-state index contributed by atoms with van der Waals surface area (Å²) >= 11 is 1.60. The van der Waals surface area contributed by atoms with E-state index >= 15 is 0 Å². The molecule has 0 spiro atoms. The van der Waals surface area contributed by atoms with Crippen LogP contribution in [-0.2, 0) is 6.54 Å². The van der Waals surface area contributed by atoms with Gasteiger partial charge in [-0.3, -0.25) is 4.98 Å². The zero-order valence-corrected chi connectivity index (χ0v) is 11.8. The highest BCUT2D eigenvalue weighted by Gasteiger charge is 2.11. The van der Waals surface area contributed by atoms with Crippen molar-refractivity contribution in [2.24, 2.45) is 0 Å². The van der Waals surface area contributed by atoms with E-state index in [1.54, 1.807) is 18.0 Å². The molecule has 0 saturated carbocycles. The maximum Gasteiger partial charge on any atom is 0.103 e. The van der Waals surface area contributed by atoms with Gasteiger partial charge in [0.15, 0.2) is 0 Å². The van der Waals surface area contributed by atoms with Gasteiger partial charge in [0.1, 0.15) is 6.07 Å². The van der Waals surface area contributed by atoms with Crippen molar-refractivity contribution in [3.63, 3.8) is 0 Å². The first kappa shape index (κ1) is 13.4. The zero-order chi connectivity index (χ0) is 13.7. The smallest absolute Gasteiger partial charge is 0.103 e. The molecule has 0 amide bonds. The molecule has 0 aliphatic rings. The summed E-state index contributed by atoms with van der Waals surface area (Å²) in [5, 5.41) is 9.34. The second kappa shape index (κ2) is 6.26. The summed E-state index contributed by atoms with van der Waals surface area (Å²) in [6.07, 6.45) is 5.60. The minimum Gasteiger partial charge on any atom is -0.369 e. The molecule has 96 valence electrons. The number of aromatic nitrogens is 1. The second-order valence-corrected chi connectivity index (χ2v) is 5.03. The van der Waals surface area contributed by atoms with Gasteiger partial charge in [0, 0.05) is 30.9 Å². The number of hydrogen-bond acceptors (Lipinski definition) is 4. The van der Waals surface area contributed by atoms with E-state index < -0.39 is 0 Å². The Hall–Kier alpha value is -1.99. The summed E-state index contributed by atoms with van der Waals surface area (Å²) in [7, 11) is 1.99. The molecule has 4 heteroatoms. The predicted molar refractivity (Wildman–Crippen MR) is 79.3 cm³/mol.